The van der Waals surface area contributed by atoms with Gasteiger partial charge >= 0.3 is 0 Å². The number of hydrogen-bond donors (Lipinski definition) is 2. The lowest BCUT2D eigenvalue weighted by atomic mass is 9.90. The summed E-state index contributed by atoms with van der Waals surface area (Å²) in [6, 6.07) is 16.4. The van der Waals surface area contributed by atoms with Crippen LogP contribution in [-0.4, -0.2) is 15.7 Å². The van der Waals surface area contributed by atoms with Crippen molar-refractivity contribution in [2.45, 2.75) is 32.2 Å². The maximum Gasteiger partial charge on any atom is 0.193 e. The van der Waals surface area contributed by atoms with Crippen LogP contribution in [-0.2, 0) is 19.4 Å². The quantitative estimate of drug-likeness (QED) is 0.338. The molecule has 4 rings (SSSR count). The summed E-state index contributed by atoms with van der Waals surface area (Å²) in [5.74, 6) is 0.444. The smallest absolute Gasteiger partial charge is 0.193 e. The Morgan fingerprint density at radius 2 is 1.93 bits per heavy atom. The molecule has 0 aliphatic heterocycles. The molecule has 27 heavy (non-hydrogen) atoms. The lowest BCUT2D eigenvalue weighted by Crippen LogP contribution is -2.24. The Hall–Kier alpha value is -2.35. The summed E-state index contributed by atoms with van der Waals surface area (Å²) >= 11 is 0. The molecule has 1 aliphatic carbocycles. The first kappa shape index (κ1) is 19.4. The third-order valence-electron chi connectivity index (χ3n) is 4.82. The molecule has 3 aromatic rings. The third-order valence-corrected chi connectivity index (χ3v) is 4.82. The summed E-state index contributed by atoms with van der Waals surface area (Å²) < 4.78 is 1.85. The molecule has 140 valence electrons. The number of para-hydroxylation sites is 1. The first-order valence-electron chi connectivity index (χ1n) is 9.07. The fraction of sp³-hybridized carbons (Fsp3) is 0.238. The summed E-state index contributed by atoms with van der Waals surface area (Å²) in [7, 11) is 0. The number of aliphatic imine (C=N–C) groups is 1. The molecule has 2 aromatic carbocycles. The van der Waals surface area contributed by atoms with Crippen LogP contribution in [0.1, 0.15) is 29.5 Å². The summed E-state index contributed by atoms with van der Waals surface area (Å²) in [5, 5.41) is 7.61. The van der Waals surface area contributed by atoms with Crippen molar-refractivity contribution in [3.63, 3.8) is 0 Å². The van der Waals surface area contributed by atoms with Gasteiger partial charge in [-0.3, -0.25) is 0 Å². The molecule has 5 nitrogen and oxygen atoms in total. The second-order valence-corrected chi connectivity index (χ2v) is 6.56. The Bertz CT molecular complexity index is 918. The van der Waals surface area contributed by atoms with Crippen molar-refractivity contribution in [3.05, 3.63) is 77.6 Å². The highest BCUT2D eigenvalue weighted by Crippen LogP contribution is 2.27. The van der Waals surface area contributed by atoms with Crippen LogP contribution < -0.4 is 11.1 Å². The number of nitrogens with two attached hydrogens (primary N) is 1. The van der Waals surface area contributed by atoms with Gasteiger partial charge < -0.3 is 11.1 Å². The normalized spacial score (nSPS) is 13.6. The van der Waals surface area contributed by atoms with Crippen LogP contribution in [0.25, 0.3) is 5.69 Å². The molecule has 0 spiro atoms. The predicted molar refractivity (Wildman–Crippen MR) is 121 cm³/mol. The summed E-state index contributed by atoms with van der Waals surface area (Å²) in [5.41, 5.74) is 12.2. The average Bonchev–Trinajstić information content (AvgIpc) is 3.21. The topological polar surface area (TPSA) is 68.2 Å². The molecule has 0 fully saturated rings. The summed E-state index contributed by atoms with van der Waals surface area (Å²) in [6.45, 7) is 0.504. The number of fused-ring (bicyclic) bond motifs is 1. The van der Waals surface area contributed by atoms with Gasteiger partial charge in [0.15, 0.2) is 5.96 Å². The number of nitrogens with zero attached hydrogens (tertiary/aromatic N) is 3. The van der Waals surface area contributed by atoms with Crippen LogP contribution in [0.4, 0.5) is 5.69 Å². The van der Waals surface area contributed by atoms with E-state index in [2.05, 4.69) is 39.7 Å². The minimum Gasteiger partial charge on any atom is -0.370 e. The molecule has 0 unspecified atom stereocenters. The number of hydrogen-bond acceptors (Lipinski definition) is 2. The molecule has 0 radical (unpaired) electrons. The van der Waals surface area contributed by atoms with Crippen molar-refractivity contribution in [2.75, 3.05) is 5.32 Å². The van der Waals surface area contributed by atoms with E-state index < -0.39 is 0 Å². The van der Waals surface area contributed by atoms with E-state index in [1.54, 1.807) is 6.20 Å². The number of aromatic nitrogens is 2. The van der Waals surface area contributed by atoms with E-state index in [0.29, 0.717) is 12.5 Å². The Morgan fingerprint density at radius 1 is 1.07 bits per heavy atom. The lowest BCUT2D eigenvalue weighted by Gasteiger charge is -2.19. The largest absolute Gasteiger partial charge is 0.370 e. The minimum absolute atomic E-state index is 0. The molecule has 6 heteroatoms. The summed E-state index contributed by atoms with van der Waals surface area (Å²) in [6.07, 6.45) is 8.46. The van der Waals surface area contributed by atoms with Crippen molar-refractivity contribution in [1.82, 2.24) is 9.78 Å². The molecule has 1 aliphatic rings. The zero-order chi connectivity index (χ0) is 17.8. The summed E-state index contributed by atoms with van der Waals surface area (Å²) in [4.78, 5) is 4.55. The second-order valence-electron chi connectivity index (χ2n) is 6.56. The van der Waals surface area contributed by atoms with Gasteiger partial charge in [0.05, 0.1) is 12.2 Å². The average molecular weight is 473 g/mol. The van der Waals surface area contributed by atoms with Crippen LogP contribution in [0.2, 0.25) is 0 Å². The van der Waals surface area contributed by atoms with Gasteiger partial charge in [0.25, 0.3) is 0 Å². The van der Waals surface area contributed by atoms with Gasteiger partial charge in [-0.25, -0.2) is 9.67 Å². The van der Waals surface area contributed by atoms with E-state index in [-0.39, 0.29) is 24.0 Å². The van der Waals surface area contributed by atoms with Gasteiger partial charge in [-0.15, -0.1) is 24.0 Å². The maximum absolute atomic E-state index is 6.17. The molecule has 3 N–H and O–H groups in total. The van der Waals surface area contributed by atoms with E-state index >= 15 is 0 Å². The van der Waals surface area contributed by atoms with Crippen LogP contribution >= 0.6 is 24.0 Å². The Labute approximate surface area is 176 Å². The highest BCUT2D eigenvalue weighted by Gasteiger charge is 2.13. The van der Waals surface area contributed by atoms with Crippen LogP contribution in [0, 0.1) is 0 Å². The van der Waals surface area contributed by atoms with Crippen molar-refractivity contribution >= 4 is 35.6 Å². The van der Waals surface area contributed by atoms with E-state index in [4.69, 9.17) is 5.73 Å². The van der Waals surface area contributed by atoms with Crippen molar-refractivity contribution < 1.29 is 0 Å². The van der Waals surface area contributed by atoms with Gasteiger partial charge in [-0.2, -0.15) is 5.10 Å². The fourth-order valence-electron chi connectivity index (χ4n) is 3.53. The number of nitrogens with one attached hydrogen (secondary N) is 1. The fourth-order valence-corrected chi connectivity index (χ4v) is 3.53. The van der Waals surface area contributed by atoms with E-state index in [1.165, 1.54) is 24.0 Å². The Kier molecular flexibility index (Phi) is 6.49. The van der Waals surface area contributed by atoms with Crippen molar-refractivity contribution in [3.8, 4) is 5.69 Å². The number of guanidine groups is 1. The van der Waals surface area contributed by atoms with Gasteiger partial charge in [-0.05, 0) is 60.6 Å². The first-order chi connectivity index (χ1) is 12.8. The van der Waals surface area contributed by atoms with Gasteiger partial charge in [0.2, 0.25) is 0 Å². The third kappa shape index (κ3) is 4.50. The maximum atomic E-state index is 6.17. The predicted octanol–water partition coefficient (Wildman–Crippen LogP) is 4.30. The molecule has 1 heterocycles. The SMILES string of the molecule is I.NC(=NCc1ccccc1-n1cccn1)Nc1cccc2c1CCCC2. The molecule has 0 saturated carbocycles. The standard InChI is InChI=1S/C21H23N5.HI/c22-21(25-19-11-5-9-16-7-1-3-10-18(16)19)23-15-17-8-2-4-12-20(17)26-14-6-13-24-26;/h2,4-6,8-9,11-14H,1,3,7,10,15H2,(H3,22,23,25);1H. The molecular weight excluding hydrogens is 449 g/mol. The second kappa shape index (κ2) is 9.03. The highest BCUT2D eigenvalue weighted by atomic mass is 127. The number of halogens is 1. The molecular formula is C21H24IN5. The van der Waals surface area contributed by atoms with Gasteiger partial charge in [-0.1, -0.05) is 30.3 Å². The van der Waals surface area contributed by atoms with Crippen LogP contribution in [0.5, 0.6) is 0 Å². The minimum atomic E-state index is 0. The number of rotatable bonds is 4. The van der Waals surface area contributed by atoms with Crippen LogP contribution in [0.15, 0.2) is 65.9 Å². The Morgan fingerprint density at radius 3 is 2.78 bits per heavy atom. The van der Waals surface area contributed by atoms with Crippen molar-refractivity contribution in [2.24, 2.45) is 10.7 Å². The molecule has 0 saturated heterocycles. The van der Waals surface area contributed by atoms with Crippen LogP contribution in [0.3, 0.4) is 0 Å². The van der Waals surface area contributed by atoms with E-state index in [0.717, 1.165) is 29.8 Å². The van der Waals surface area contributed by atoms with E-state index in [9.17, 15) is 0 Å². The van der Waals surface area contributed by atoms with Gasteiger partial charge in [0, 0.05) is 18.1 Å². The van der Waals surface area contributed by atoms with Gasteiger partial charge in [0.1, 0.15) is 0 Å². The number of benzene rings is 2. The highest BCUT2D eigenvalue weighted by molar-refractivity contribution is 14.0. The first-order valence-corrected chi connectivity index (χ1v) is 9.07. The Balaban J connectivity index is 0.00000210. The molecule has 0 atom stereocenters. The van der Waals surface area contributed by atoms with Crippen molar-refractivity contribution in [1.29, 1.82) is 0 Å². The zero-order valence-electron chi connectivity index (χ0n) is 15.1. The molecule has 0 amide bonds. The monoisotopic (exact) mass is 473 g/mol. The lowest BCUT2D eigenvalue weighted by molar-refractivity contribution is 0.687. The number of anilines is 1. The van der Waals surface area contributed by atoms with E-state index in [1.807, 2.05) is 35.1 Å². The molecule has 1 aromatic heterocycles. The number of aryl methyl sites for hydroxylation is 1. The molecule has 0 bridgehead atoms. The zero-order valence-corrected chi connectivity index (χ0v) is 17.5.